The quantitative estimate of drug-likeness (QED) is 0.445. The van der Waals surface area contributed by atoms with Gasteiger partial charge in [-0.3, -0.25) is 14.7 Å². The van der Waals surface area contributed by atoms with Crippen molar-refractivity contribution in [3.05, 3.63) is 82.4 Å². The van der Waals surface area contributed by atoms with Gasteiger partial charge in [0.25, 0.3) is 5.91 Å². The van der Waals surface area contributed by atoms with Gasteiger partial charge in [-0.2, -0.15) is 0 Å². The van der Waals surface area contributed by atoms with Crippen molar-refractivity contribution in [3.63, 3.8) is 0 Å². The Morgan fingerprint density at radius 1 is 1.19 bits per heavy atom. The lowest BCUT2D eigenvalue weighted by Gasteiger charge is -2.46. The second-order valence-corrected chi connectivity index (χ2v) is 11.8. The predicted molar refractivity (Wildman–Crippen MR) is 167 cm³/mol. The van der Waals surface area contributed by atoms with Gasteiger partial charge in [0, 0.05) is 69.4 Å². The lowest BCUT2D eigenvalue weighted by atomic mass is 9.97. The van der Waals surface area contributed by atoms with Crippen LogP contribution in [-0.2, 0) is 21.7 Å². The maximum atomic E-state index is 13.9. The number of rotatable bonds is 7. The molecule has 3 N–H and O–H groups in total. The van der Waals surface area contributed by atoms with Crippen LogP contribution in [0.3, 0.4) is 0 Å². The van der Waals surface area contributed by atoms with Gasteiger partial charge in [0.15, 0.2) is 5.72 Å². The summed E-state index contributed by atoms with van der Waals surface area (Å²) in [5.74, 6) is -0.169. The first kappa shape index (κ1) is 29.5. The van der Waals surface area contributed by atoms with Crippen molar-refractivity contribution in [2.24, 2.45) is 0 Å². The van der Waals surface area contributed by atoms with Gasteiger partial charge >= 0.3 is 6.03 Å². The fraction of sp³-hybridized carbons (Fsp3) is 0.469. The largest absolute Gasteiger partial charge is 0.363 e. The third kappa shape index (κ3) is 5.71. The zero-order valence-corrected chi connectivity index (χ0v) is 25.6. The Morgan fingerprint density at radius 3 is 2.81 bits per heavy atom. The number of dihydropyridines is 1. The van der Waals surface area contributed by atoms with Crippen LogP contribution in [0.25, 0.3) is 0 Å². The van der Waals surface area contributed by atoms with E-state index in [1.54, 1.807) is 12.4 Å². The van der Waals surface area contributed by atoms with E-state index in [1.165, 1.54) is 0 Å². The molecule has 11 heteroatoms. The monoisotopic (exact) mass is 605 g/mol. The van der Waals surface area contributed by atoms with E-state index in [0.717, 1.165) is 54.9 Å². The molecule has 2 aromatic rings. The number of urea groups is 1. The van der Waals surface area contributed by atoms with E-state index < -0.39 is 5.72 Å². The Labute approximate surface area is 258 Å². The van der Waals surface area contributed by atoms with Gasteiger partial charge in [0.1, 0.15) is 5.70 Å². The molecular weight excluding hydrogens is 566 g/mol. The molecule has 0 bridgehead atoms. The Bertz CT molecular complexity index is 1410. The number of aromatic nitrogens is 1. The predicted octanol–water partition coefficient (Wildman–Crippen LogP) is 3.35. The summed E-state index contributed by atoms with van der Waals surface area (Å²) in [6.45, 7) is 8.41. The second kappa shape index (κ2) is 12.6. The second-order valence-electron chi connectivity index (χ2n) is 11.4. The molecule has 0 spiro atoms. The topological polar surface area (TPSA) is 102 Å². The van der Waals surface area contributed by atoms with Gasteiger partial charge < -0.3 is 30.5 Å². The summed E-state index contributed by atoms with van der Waals surface area (Å²) in [4.78, 5) is 38.0. The third-order valence-corrected chi connectivity index (χ3v) is 9.14. The normalized spacial score (nSPS) is 25.1. The molecule has 3 atom stereocenters. The maximum Gasteiger partial charge on any atom is 0.324 e. The number of carbonyl (C=O) groups is 2. The number of nitrogens with one attached hydrogen (secondary N) is 3. The van der Waals surface area contributed by atoms with E-state index >= 15 is 0 Å². The van der Waals surface area contributed by atoms with Crippen molar-refractivity contribution in [1.29, 1.82) is 0 Å². The first-order chi connectivity index (χ1) is 20.9. The van der Waals surface area contributed by atoms with E-state index in [2.05, 4.69) is 32.8 Å². The van der Waals surface area contributed by atoms with E-state index in [1.807, 2.05) is 59.2 Å². The molecule has 4 aliphatic heterocycles. The van der Waals surface area contributed by atoms with Crippen LogP contribution in [0, 0.1) is 0 Å². The summed E-state index contributed by atoms with van der Waals surface area (Å²) in [5, 5.41) is 10.7. The smallest absolute Gasteiger partial charge is 0.324 e. The standard InChI is InChI=1S/C32H40ClN7O3/c1-3-25-21-38(31(42)40-16-12-22-7-5-9-26(33)29(22)40)17-18-39(25)27-10-13-32(43-4-2,23-8-6-14-34-19-23)37-28(27)30(41)36-24-11-15-35-20-24/h5-10,13-14,19,24-25,35,37H,3-4,11-12,15-18,20-21H2,1-2H3,(H,36,41)/t24-,25-,32?/m1/s1. The number of nitrogens with zero attached hydrogens (tertiary/aromatic N) is 4. The van der Waals surface area contributed by atoms with Crippen molar-refractivity contribution in [3.8, 4) is 0 Å². The Hall–Kier alpha value is -3.60. The molecule has 4 aliphatic rings. The van der Waals surface area contributed by atoms with Crippen LogP contribution < -0.4 is 20.9 Å². The van der Waals surface area contributed by atoms with Crippen molar-refractivity contribution < 1.29 is 14.3 Å². The summed E-state index contributed by atoms with van der Waals surface area (Å²) in [6, 6.07) is 9.68. The summed E-state index contributed by atoms with van der Waals surface area (Å²) in [7, 11) is 0. The molecule has 10 nitrogen and oxygen atoms in total. The number of piperazine rings is 1. The molecule has 0 radical (unpaired) electrons. The zero-order chi connectivity index (χ0) is 30.0. The van der Waals surface area contributed by atoms with Crippen molar-refractivity contribution in [2.75, 3.05) is 50.8 Å². The molecular formula is C32H40ClN7O3. The van der Waals surface area contributed by atoms with Crippen molar-refractivity contribution >= 4 is 29.2 Å². The summed E-state index contributed by atoms with van der Waals surface area (Å²) in [6.07, 6.45) is 9.94. The molecule has 228 valence electrons. The maximum absolute atomic E-state index is 13.9. The molecule has 2 fully saturated rings. The number of anilines is 1. The zero-order valence-electron chi connectivity index (χ0n) is 24.8. The van der Waals surface area contributed by atoms with Crippen LogP contribution in [0.5, 0.6) is 0 Å². The average molecular weight is 606 g/mol. The van der Waals surface area contributed by atoms with E-state index in [4.69, 9.17) is 16.3 Å². The number of hydrogen-bond acceptors (Lipinski definition) is 7. The molecule has 1 aromatic heterocycles. The molecule has 2 saturated heterocycles. The number of para-hydroxylation sites is 1. The van der Waals surface area contributed by atoms with Gasteiger partial charge in [-0.15, -0.1) is 0 Å². The van der Waals surface area contributed by atoms with Crippen LogP contribution in [0.15, 0.2) is 66.3 Å². The first-order valence-electron chi connectivity index (χ1n) is 15.3. The molecule has 6 rings (SSSR count). The van der Waals surface area contributed by atoms with Gasteiger partial charge in [0.2, 0.25) is 0 Å². The Balaban J connectivity index is 1.28. The van der Waals surface area contributed by atoms with E-state index in [9.17, 15) is 9.59 Å². The number of ether oxygens (including phenoxy) is 1. The number of hydrogen-bond donors (Lipinski definition) is 3. The van der Waals surface area contributed by atoms with Crippen molar-refractivity contribution in [1.82, 2.24) is 30.7 Å². The number of amides is 3. The SMILES string of the molecule is CCOC1(c2cccnc2)C=CC(N2CCN(C(=O)N3CCc4cccc(Cl)c43)C[C@H]2CC)=C(C(=O)N[C@@H]2CCNC2)N1. The fourth-order valence-electron chi connectivity index (χ4n) is 6.63. The highest BCUT2D eigenvalue weighted by Gasteiger charge is 2.41. The summed E-state index contributed by atoms with van der Waals surface area (Å²) < 4.78 is 6.29. The third-order valence-electron chi connectivity index (χ3n) is 8.84. The number of benzene rings is 1. The van der Waals surface area contributed by atoms with Gasteiger partial charge in [-0.05, 0) is 62.6 Å². The Kier molecular flexibility index (Phi) is 8.61. The first-order valence-corrected chi connectivity index (χ1v) is 15.7. The minimum absolute atomic E-state index is 0.0152. The highest BCUT2D eigenvalue weighted by atomic mass is 35.5. The van der Waals surface area contributed by atoms with Crippen LogP contribution >= 0.6 is 11.6 Å². The number of pyridine rings is 1. The van der Waals surface area contributed by atoms with Crippen LogP contribution in [0.2, 0.25) is 5.02 Å². The summed E-state index contributed by atoms with van der Waals surface area (Å²) >= 11 is 6.53. The van der Waals surface area contributed by atoms with Crippen LogP contribution in [-0.4, -0.2) is 84.7 Å². The minimum Gasteiger partial charge on any atom is -0.363 e. The fourth-order valence-corrected chi connectivity index (χ4v) is 6.93. The highest BCUT2D eigenvalue weighted by Crippen LogP contribution is 2.37. The lowest BCUT2D eigenvalue weighted by molar-refractivity contribution is -0.120. The molecule has 0 saturated carbocycles. The number of fused-ring (bicyclic) bond motifs is 1. The number of allylic oxidation sites excluding steroid dienone is 1. The van der Waals surface area contributed by atoms with Gasteiger partial charge in [-0.1, -0.05) is 36.7 Å². The molecule has 5 heterocycles. The van der Waals surface area contributed by atoms with Gasteiger partial charge in [-0.25, -0.2) is 4.79 Å². The highest BCUT2D eigenvalue weighted by molar-refractivity contribution is 6.34. The summed E-state index contributed by atoms with van der Waals surface area (Å²) in [5.41, 5.74) is 2.98. The minimum atomic E-state index is -1.03. The van der Waals surface area contributed by atoms with Crippen molar-refractivity contribution in [2.45, 2.75) is 50.9 Å². The van der Waals surface area contributed by atoms with E-state index in [-0.39, 0.29) is 24.0 Å². The number of carbonyl (C=O) groups excluding carboxylic acids is 2. The number of halogens is 1. The van der Waals surface area contributed by atoms with Crippen LogP contribution in [0.1, 0.15) is 37.8 Å². The lowest BCUT2D eigenvalue weighted by Crippen LogP contribution is -2.58. The molecule has 1 unspecified atom stereocenters. The molecule has 43 heavy (non-hydrogen) atoms. The average Bonchev–Trinajstić information content (AvgIpc) is 3.72. The molecule has 0 aliphatic carbocycles. The molecule has 3 amide bonds. The van der Waals surface area contributed by atoms with E-state index in [0.29, 0.717) is 43.5 Å². The van der Waals surface area contributed by atoms with Gasteiger partial charge in [0.05, 0.1) is 16.4 Å². The Morgan fingerprint density at radius 2 is 2.07 bits per heavy atom. The van der Waals surface area contributed by atoms with Crippen LogP contribution in [0.4, 0.5) is 10.5 Å². The molecule has 1 aromatic carbocycles.